The Labute approximate surface area is 111 Å². The number of rotatable bonds is 3. The van der Waals surface area contributed by atoms with Crippen molar-refractivity contribution in [2.24, 2.45) is 0 Å². The monoisotopic (exact) mass is 275 g/mol. The summed E-state index contributed by atoms with van der Waals surface area (Å²) in [4.78, 5) is 4.36. The zero-order chi connectivity index (χ0) is 12.3. The van der Waals surface area contributed by atoms with Crippen molar-refractivity contribution in [3.8, 4) is 0 Å². The summed E-state index contributed by atoms with van der Waals surface area (Å²) in [6.45, 7) is 1.56. The van der Waals surface area contributed by atoms with Gasteiger partial charge in [0.25, 0.3) is 0 Å². The van der Waals surface area contributed by atoms with E-state index < -0.39 is 0 Å². The number of pyridine rings is 1. The summed E-state index contributed by atoms with van der Waals surface area (Å²) < 4.78 is 5.30. The lowest BCUT2D eigenvalue weighted by molar-refractivity contribution is 0.0904. The van der Waals surface area contributed by atoms with Gasteiger partial charge in [0.2, 0.25) is 0 Å². The molecular weight excluding hydrogens is 261 g/mol. The summed E-state index contributed by atoms with van der Waals surface area (Å²) in [5.74, 6) is 1.30. The van der Waals surface area contributed by atoms with Crippen LogP contribution in [0.3, 0.4) is 0 Å². The topological polar surface area (TPSA) is 46.2 Å². The lowest BCUT2D eigenvalue weighted by Gasteiger charge is -2.24. The molecule has 0 spiro atoms. The molecule has 1 aliphatic heterocycles. The van der Waals surface area contributed by atoms with E-state index in [1.165, 1.54) is 0 Å². The van der Waals surface area contributed by atoms with Gasteiger partial charge in [-0.1, -0.05) is 23.2 Å². The van der Waals surface area contributed by atoms with E-state index in [-0.39, 0.29) is 0 Å². The Morgan fingerprint density at radius 1 is 1.24 bits per heavy atom. The molecule has 0 bridgehead atoms. The van der Waals surface area contributed by atoms with Gasteiger partial charge in [0.15, 0.2) is 0 Å². The van der Waals surface area contributed by atoms with Crippen molar-refractivity contribution in [2.45, 2.75) is 18.9 Å². The fourth-order valence-corrected chi connectivity index (χ4v) is 2.29. The number of nitrogens with one attached hydrogen (secondary N) is 2. The van der Waals surface area contributed by atoms with E-state index in [9.17, 15) is 0 Å². The molecule has 1 saturated heterocycles. The molecule has 1 aromatic heterocycles. The van der Waals surface area contributed by atoms with Gasteiger partial charge in [0.1, 0.15) is 11.6 Å². The minimum Gasteiger partial charge on any atom is -0.381 e. The van der Waals surface area contributed by atoms with Crippen molar-refractivity contribution in [2.75, 3.05) is 30.9 Å². The predicted octanol–water partition coefficient (Wildman–Crippen LogP) is 3.02. The Kier molecular flexibility index (Phi) is 4.31. The predicted molar refractivity (Wildman–Crippen MR) is 71.3 cm³/mol. The molecule has 2 heterocycles. The second-order valence-electron chi connectivity index (χ2n) is 3.93. The Balaban J connectivity index is 2.13. The van der Waals surface area contributed by atoms with E-state index in [1.807, 2.05) is 0 Å². The zero-order valence-electron chi connectivity index (χ0n) is 9.59. The third-order valence-corrected chi connectivity index (χ3v) is 3.30. The first-order chi connectivity index (χ1) is 8.20. The maximum atomic E-state index is 6.11. The Hall–Kier alpha value is -0.710. The molecular formula is C11H15Cl2N3O. The largest absolute Gasteiger partial charge is 0.381 e. The highest BCUT2D eigenvalue weighted by atomic mass is 35.5. The molecule has 0 aromatic carbocycles. The Bertz CT molecular complexity index is 395. The second kappa shape index (κ2) is 5.76. The summed E-state index contributed by atoms with van der Waals surface area (Å²) in [6.07, 6.45) is 1.94. The average molecular weight is 276 g/mol. The maximum Gasteiger partial charge on any atom is 0.147 e. The molecule has 0 amide bonds. The van der Waals surface area contributed by atoms with Crippen LogP contribution in [0.15, 0.2) is 6.07 Å². The van der Waals surface area contributed by atoms with Crippen molar-refractivity contribution in [1.82, 2.24) is 4.98 Å². The van der Waals surface area contributed by atoms with Gasteiger partial charge in [-0.2, -0.15) is 0 Å². The van der Waals surface area contributed by atoms with Crippen LogP contribution in [0.1, 0.15) is 12.8 Å². The number of ether oxygens (including phenoxy) is 1. The molecule has 17 heavy (non-hydrogen) atoms. The quantitative estimate of drug-likeness (QED) is 0.890. The summed E-state index contributed by atoms with van der Waals surface area (Å²) >= 11 is 12.1. The standard InChI is InChI=1S/C11H15Cl2N3O/c1-14-10-8(12)6-9(13)11(16-10)15-7-2-4-17-5-3-7/h6-7H,2-5H2,1H3,(H2,14,15,16). The SMILES string of the molecule is CNc1nc(NC2CCOCC2)c(Cl)cc1Cl. The number of halogens is 2. The van der Waals surface area contributed by atoms with Gasteiger partial charge < -0.3 is 15.4 Å². The van der Waals surface area contributed by atoms with Crippen LogP contribution in [-0.2, 0) is 4.74 Å². The summed E-state index contributed by atoms with van der Waals surface area (Å²) in [5, 5.41) is 7.33. The smallest absolute Gasteiger partial charge is 0.147 e. The summed E-state index contributed by atoms with van der Waals surface area (Å²) in [7, 11) is 1.78. The van der Waals surface area contributed by atoms with Crippen molar-refractivity contribution >= 4 is 34.8 Å². The van der Waals surface area contributed by atoms with E-state index in [4.69, 9.17) is 27.9 Å². The zero-order valence-corrected chi connectivity index (χ0v) is 11.1. The van der Waals surface area contributed by atoms with Crippen LogP contribution >= 0.6 is 23.2 Å². The first-order valence-corrected chi connectivity index (χ1v) is 6.34. The molecule has 1 aromatic rings. The number of hydrogen-bond donors (Lipinski definition) is 2. The molecule has 0 saturated carbocycles. The summed E-state index contributed by atoms with van der Waals surface area (Å²) in [5.41, 5.74) is 0. The van der Waals surface area contributed by atoms with Gasteiger partial charge in [0.05, 0.1) is 10.0 Å². The summed E-state index contributed by atoms with van der Waals surface area (Å²) in [6, 6.07) is 2.06. The van der Waals surface area contributed by atoms with E-state index in [0.29, 0.717) is 27.7 Å². The van der Waals surface area contributed by atoms with Crippen LogP contribution in [0.5, 0.6) is 0 Å². The molecule has 1 aliphatic rings. The highest BCUT2D eigenvalue weighted by Gasteiger charge is 2.16. The van der Waals surface area contributed by atoms with Gasteiger partial charge in [-0.3, -0.25) is 0 Å². The second-order valence-corrected chi connectivity index (χ2v) is 4.74. The number of nitrogens with zero attached hydrogens (tertiary/aromatic N) is 1. The van der Waals surface area contributed by atoms with Gasteiger partial charge >= 0.3 is 0 Å². The molecule has 0 aliphatic carbocycles. The minimum absolute atomic E-state index is 0.361. The van der Waals surface area contributed by atoms with E-state index >= 15 is 0 Å². The normalized spacial score (nSPS) is 16.9. The van der Waals surface area contributed by atoms with Crippen LogP contribution in [0, 0.1) is 0 Å². The highest BCUT2D eigenvalue weighted by molar-refractivity contribution is 6.37. The lowest BCUT2D eigenvalue weighted by atomic mass is 10.1. The van der Waals surface area contributed by atoms with Crippen LogP contribution in [0.25, 0.3) is 0 Å². The van der Waals surface area contributed by atoms with Crippen molar-refractivity contribution in [3.63, 3.8) is 0 Å². The molecule has 2 rings (SSSR count). The van der Waals surface area contributed by atoms with E-state index in [2.05, 4.69) is 15.6 Å². The maximum absolute atomic E-state index is 6.11. The number of hydrogen-bond acceptors (Lipinski definition) is 4. The van der Waals surface area contributed by atoms with Crippen molar-refractivity contribution < 1.29 is 4.74 Å². The lowest BCUT2D eigenvalue weighted by Crippen LogP contribution is -2.28. The molecule has 1 fully saturated rings. The third kappa shape index (κ3) is 3.15. The Morgan fingerprint density at radius 3 is 2.53 bits per heavy atom. The van der Waals surface area contributed by atoms with Crippen LogP contribution < -0.4 is 10.6 Å². The van der Waals surface area contributed by atoms with Gasteiger partial charge in [-0.25, -0.2) is 4.98 Å². The molecule has 0 radical (unpaired) electrons. The molecule has 0 atom stereocenters. The minimum atomic E-state index is 0.361. The molecule has 4 nitrogen and oxygen atoms in total. The fourth-order valence-electron chi connectivity index (χ4n) is 1.78. The molecule has 2 N–H and O–H groups in total. The Morgan fingerprint density at radius 2 is 1.88 bits per heavy atom. The first kappa shape index (κ1) is 12.7. The van der Waals surface area contributed by atoms with Crippen LogP contribution in [0.4, 0.5) is 11.6 Å². The van der Waals surface area contributed by atoms with Gasteiger partial charge in [-0.05, 0) is 18.9 Å². The fraction of sp³-hybridized carbons (Fsp3) is 0.545. The third-order valence-electron chi connectivity index (χ3n) is 2.73. The van der Waals surface area contributed by atoms with E-state index in [1.54, 1.807) is 13.1 Å². The highest BCUT2D eigenvalue weighted by Crippen LogP contribution is 2.30. The first-order valence-electron chi connectivity index (χ1n) is 5.59. The van der Waals surface area contributed by atoms with Gasteiger partial charge in [0, 0.05) is 26.3 Å². The number of anilines is 2. The number of aromatic nitrogens is 1. The van der Waals surface area contributed by atoms with Crippen molar-refractivity contribution in [3.05, 3.63) is 16.1 Å². The average Bonchev–Trinajstić information content (AvgIpc) is 2.34. The molecule has 94 valence electrons. The van der Waals surface area contributed by atoms with Gasteiger partial charge in [-0.15, -0.1) is 0 Å². The van der Waals surface area contributed by atoms with E-state index in [0.717, 1.165) is 26.1 Å². The molecule has 6 heteroatoms. The molecule has 0 unspecified atom stereocenters. The van der Waals surface area contributed by atoms with Crippen LogP contribution in [0.2, 0.25) is 10.0 Å². The van der Waals surface area contributed by atoms with Crippen molar-refractivity contribution in [1.29, 1.82) is 0 Å². The van der Waals surface area contributed by atoms with Crippen LogP contribution in [-0.4, -0.2) is 31.3 Å².